The number of aromatic nitrogens is 1. The molecule has 1 fully saturated rings. The zero-order valence-corrected chi connectivity index (χ0v) is 9.31. The number of carbonyl (C=O) groups is 1. The van der Waals surface area contributed by atoms with Gasteiger partial charge in [0.2, 0.25) is 0 Å². The van der Waals surface area contributed by atoms with Gasteiger partial charge in [-0.3, -0.25) is 4.98 Å². The molecule has 1 heterocycles. The number of hydrogen-bond acceptors (Lipinski definition) is 3. The third kappa shape index (κ3) is 2.51. The maximum absolute atomic E-state index is 10.9. The highest BCUT2D eigenvalue weighted by Gasteiger charge is 2.27. The lowest BCUT2D eigenvalue weighted by Gasteiger charge is -2.13. The molecule has 0 radical (unpaired) electrons. The Bertz CT molecular complexity index is 388. The zero-order chi connectivity index (χ0) is 11.5. The van der Waals surface area contributed by atoms with Crippen molar-refractivity contribution < 1.29 is 9.90 Å². The van der Waals surface area contributed by atoms with E-state index in [9.17, 15) is 4.79 Å². The van der Waals surface area contributed by atoms with Crippen LogP contribution in [0.4, 0.5) is 5.69 Å². The maximum Gasteiger partial charge on any atom is 0.339 e. The van der Waals surface area contributed by atoms with E-state index in [0.29, 0.717) is 11.6 Å². The molecule has 16 heavy (non-hydrogen) atoms. The van der Waals surface area contributed by atoms with Crippen LogP contribution >= 0.6 is 0 Å². The monoisotopic (exact) mass is 220 g/mol. The van der Waals surface area contributed by atoms with Crippen LogP contribution in [0.2, 0.25) is 0 Å². The first kappa shape index (κ1) is 10.9. The smallest absolute Gasteiger partial charge is 0.339 e. The van der Waals surface area contributed by atoms with Crippen molar-refractivity contribution in [1.29, 1.82) is 0 Å². The van der Waals surface area contributed by atoms with Crippen molar-refractivity contribution in [2.45, 2.75) is 19.8 Å². The molecule has 0 amide bonds. The first-order chi connectivity index (χ1) is 7.68. The van der Waals surface area contributed by atoms with E-state index in [2.05, 4.69) is 17.2 Å². The first-order valence-electron chi connectivity index (χ1n) is 5.59. The molecule has 0 aliphatic heterocycles. The van der Waals surface area contributed by atoms with Gasteiger partial charge in [0.1, 0.15) is 5.56 Å². The van der Waals surface area contributed by atoms with Gasteiger partial charge >= 0.3 is 5.97 Å². The summed E-state index contributed by atoms with van der Waals surface area (Å²) >= 11 is 0. The summed E-state index contributed by atoms with van der Waals surface area (Å²) in [6.45, 7) is 3.03. The lowest BCUT2D eigenvalue weighted by Crippen LogP contribution is -2.15. The quantitative estimate of drug-likeness (QED) is 0.798. The highest BCUT2D eigenvalue weighted by atomic mass is 16.4. The van der Waals surface area contributed by atoms with Crippen LogP contribution in [-0.4, -0.2) is 22.6 Å². The molecule has 4 nitrogen and oxygen atoms in total. The summed E-state index contributed by atoms with van der Waals surface area (Å²) in [5.74, 6) is 0.493. The largest absolute Gasteiger partial charge is 0.478 e. The third-order valence-electron chi connectivity index (χ3n) is 3.09. The average molecular weight is 220 g/mol. The molecule has 1 unspecified atom stereocenters. The van der Waals surface area contributed by atoms with Crippen molar-refractivity contribution in [3.8, 4) is 0 Å². The summed E-state index contributed by atoms with van der Waals surface area (Å²) in [5, 5.41) is 12.2. The van der Waals surface area contributed by atoms with Crippen LogP contribution < -0.4 is 5.32 Å². The second kappa shape index (κ2) is 4.51. The van der Waals surface area contributed by atoms with Gasteiger partial charge in [0, 0.05) is 18.9 Å². The fourth-order valence-electron chi connectivity index (χ4n) is 1.82. The van der Waals surface area contributed by atoms with Crippen molar-refractivity contribution in [3.05, 3.63) is 24.0 Å². The molecule has 1 aromatic rings. The SMILES string of the molecule is CC(CNc1ccncc1C(=O)O)C1CC1. The number of aromatic carboxylic acids is 1. The Balaban J connectivity index is 1.99. The van der Waals surface area contributed by atoms with Crippen LogP contribution in [-0.2, 0) is 0 Å². The van der Waals surface area contributed by atoms with Crippen LogP contribution in [0.3, 0.4) is 0 Å². The summed E-state index contributed by atoms with van der Waals surface area (Å²) < 4.78 is 0. The van der Waals surface area contributed by atoms with Gasteiger partial charge in [-0.2, -0.15) is 0 Å². The number of hydrogen-bond donors (Lipinski definition) is 2. The number of nitrogens with one attached hydrogen (secondary N) is 1. The Morgan fingerprint density at radius 3 is 3.06 bits per heavy atom. The zero-order valence-electron chi connectivity index (χ0n) is 9.31. The molecule has 0 saturated heterocycles. The number of carboxylic acid groups (broad SMARTS) is 1. The summed E-state index contributed by atoms with van der Waals surface area (Å²) in [6, 6.07) is 1.71. The number of pyridine rings is 1. The van der Waals surface area contributed by atoms with Gasteiger partial charge in [-0.25, -0.2) is 4.79 Å². The Hall–Kier alpha value is -1.58. The van der Waals surface area contributed by atoms with Gasteiger partial charge in [-0.1, -0.05) is 6.92 Å². The second-order valence-electron chi connectivity index (χ2n) is 4.42. The van der Waals surface area contributed by atoms with E-state index in [0.717, 1.165) is 12.5 Å². The van der Waals surface area contributed by atoms with Crippen molar-refractivity contribution in [3.63, 3.8) is 0 Å². The van der Waals surface area contributed by atoms with E-state index in [4.69, 9.17) is 5.11 Å². The maximum atomic E-state index is 10.9. The van der Waals surface area contributed by atoms with Crippen LogP contribution in [0.5, 0.6) is 0 Å². The average Bonchev–Trinajstić information content (AvgIpc) is 3.10. The molecule has 2 N–H and O–H groups in total. The summed E-state index contributed by atoms with van der Waals surface area (Å²) in [4.78, 5) is 14.8. The Morgan fingerprint density at radius 2 is 2.44 bits per heavy atom. The Labute approximate surface area is 94.7 Å². The third-order valence-corrected chi connectivity index (χ3v) is 3.09. The minimum atomic E-state index is -0.935. The molecule has 1 aliphatic rings. The van der Waals surface area contributed by atoms with Crippen molar-refractivity contribution in [1.82, 2.24) is 4.98 Å². The van der Waals surface area contributed by atoms with Crippen molar-refractivity contribution in [2.75, 3.05) is 11.9 Å². The fraction of sp³-hybridized carbons (Fsp3) is 0.500. The first-order valence-corrected chi connectivity index (χ1v) is 5.59. The molecule has 0 bridgehead atoms. The van der Waals surface area contributed by atoms with E-state index in [1.807, 2.05) is 0 Å². The number of carboxylic acids is 1. The highest BCUT2D eigenvalue weighted by molar-refractivity contribution is 5.93. The van der Waals surface area contributed by atoms with E-state index >= 15 is 0 Å². The molecular formula is C12H16N2O2. The minimum absolute atomic E-state index is 0.241. The predicted octanol–water partition coefficient (Wildman–Crippen LogP) is 2.24. The topological polar surface area (TPSA) is 62.2 Å². The van der Waals surface area contributed by atoms with Gasteiger partial charge in [-0.05, 0) is 30.7 Å². The molecular weight excluding hydrogens is 204 g/mol. The molecule has 0 aromatic carbocycles. The lowest BCUT2D eigenvalue weighted by atomic mass is 10.1. The van der Waals surface area contributed by atoms with E-state index < -0.39 is 5.97 Å². The Morgan fingerprint density at radius 1 is 1.69 bits per heavy atom. The van der Waals surface area contributed by atoms with Crippen molar-refractivity contribution >= 4 is 11.7 Å². The lowest BCUT2D eigenvalue weighted by molar-refractivity contribution is 0.0697. The molecule has 1 atom stereocenters. The highest BCUT2D eigenvalue weighted by Crippen LogP contribution is 2.36. The standard InChI is InChI=1S/C12H16N2O2/c1-8(9-2-3-9)6-14-11-4-5-13-7-10(11)12(15)16/h4-5,7-9H,2-3,6H2,1H3,(H,13,14)(H,15,16). The van der Waals surface area contributed by atoms with E-state index in [1.165, 1.54) is 19.0 Å². The van der Waals surface area contributed by atoms with Gasteiger partial charge < -0.3 is 10.4 Å². The number of nitrogens with zero attached hydrogens (tertiary/aromatic N) is 1. The van der Waals surface area contributed by atoms with Crippen LogP contribution in [0.15, 0.2) is 18.5 Å². The Kier molecular flexibility index (Phi) is 3.08. The molecule has 1 aromatic heterocycles. The van der Waals surface area contributed by atoms with Crippen molar-refractivity contribution in [2.24, 2.45) is 11.8 Å². The van der Waals surface area contributed by atoms with Gasteiger partial charge in [0.05, 0.1) is 5.69 Å². The van der Waals surface area contributed by atoms with Gasteiger partial charge in [0.25, 0.3) is 0 Å². The molecule has 4 heteroatoms. The van der Waals surface area contributed by atoms with Gasteiger partial charge in [-0.15, -0.1) is 0 Å². The second-order valence-corrected chi connectivity index (χ2v) is 4.42. The molecule has 1 aliphatic carbocycles. The number of anilines is 1. The normalized spacial score (nSPS) is 16.8. The number of rotatable bonds is 5. The van der Waals surface area contributed by atoms with Crippen LogP contribution in [0.1, 0.15) is 30.1 Å². The predicted molar refractivity (Wildman–Crippen MR) is 61.6 cm³/mol. The fourth-order valence-corrected chi connectivity index (χ4v) is 1.82. The molecule has 1 saturated carbocycles. The minimum Gasteiger partial charge on any atom is -0.478 e. The van der Waals surface area contributed by atoms with Gasteiger partial charge in [0.15, 0.2) is 0 Å². The molecule has 86 valence electrons. The van der Waals surface area contributed by atoms with E-state index in [1.54, 1.807) is 12.3 Å². The molecule has 2 rings (SSSR count). The van der Waals surface area contributed by atoms with Crippen LogP contribution in [0.25, 0.3) is 0 Å². The summed E-state index contributed by atoms with van der Waals surface area (Å²) in [6.07, 6.45) is 5.61. The van der Waals surface area contributed by atoms with Crippen LogP contribution in [0, 0.1) is 11.8 Å². The molecule has 0 spiro atoms. The summed E-state index contributed by atoms with van der Waals surface area (Å²) in [7, 11) is 0. The van der Waals surface area contributed by atoms with E-state index in [-0.39, 0.29) is 5.56 Å². The summed E-state index contributed by atoms with van der Waals surface area (Å²) in [5.41, 5.74) is 0.903.